The van der Waals surface area contributed by atoms with Crippen LogP contribution in [-0.2, 0) is 0 Å². The molecule has 0 unspecified atom stereocenters. The van der Waals surface area contributed by atoms with Crippen LogP contribution in [0.3, 0.4) is 0 Å². The Morgan fingerprint density at radius 2 is 0.831 bits per heavy atom. The topological polar surface area (TPSA) is 29.5 Å². The molecule has 65 heavy (non-hydrogen) atoms. The first-order valence-electron chi connectivity index (χ1n) is 22.1. The van der Waals surface area contributed by atoms with Gasteiger partial charge in [0.05, 0.1) is 0 Å². The summed E-state index contributed by atoms with van der Waals surface area (Å²) in [6.45, 7) is 0. The molecule has 0 aliphatic carbocycles. The lowest BCUT2D eigenvalue weighted by atomic mass is 9.92. The van der Waals surface area contributed by atoms with Crippen LogP contribution < -0.4 is 4.90 Å². The van der Waals surface area contributed by atoms with E-state index in [9.17, 15) is 0 Å². The highest BCUT2D eigenvalue weighted by atomic mass is 16.3. The molecule has 13 rings (SSSR count). The fourth-order valence-electron chi connectivity index (χ4n) is 9.84. The molecule has 2 aromatic heterocycles. The molecule has 0 bridgehead atoms. The molecule has 0 radical (unpaired) electrons. The van der Waals surface area contributed by atoms with Crippen molar-refractivity contribution in [3.63, 3.8) is 0 Å². The molecule has 3 heteroatoms. The van der Waals surface area contributed by atoms with Crippen LogP contribution in [0.5, 0.6) is 0 Å². The Bertz CT molecular complexity index is 3880. The minimum atomic E-state index is 0.858. The second-order valence-corrected chi connectivity index (χ2v) is 16.9. The number of hydrogen-bond acceptors (Lipinski definition) is 3. The first kappa shape index (κ1) is 36.9. The fourth-order valence-corrected chi connectivity index (χ4v) is 9.84. The van der Waals surface area contributed by atoms with E-state index in [0.717, 1.165) is 116 Å². The summed E-state index contributed by atoms with van der Waals surface area (Å²) in [6, 6.07) is 84.8. The van der Waals surface area contributed by atoms with Crippen LogP contribution in [0, 0.1) is 0 Å². The summed E-state index contributed by atoms with van der Waals surface area (Å²) in [5, 5.41) is 8.99. The van der Waals surface area contributed by atoms with E-state index in [0.29, 0.717) is 0 Å². The zero-order valence-electron chi connectivity index (χ0n) is 35.3. The van der Waals surface area contributed by atoms with Crippen molar-refractivity contribution in [3.8, 4) is 44.5 Å². The molecule has 0 fully saturated rings. The number of nitrogens with zero attached hydrogens (tertiary/aromatic N) is 1. The number of fused-ring (bicyclic) bond motifs is 9. The molecule has 0 spiro atoms. The minimum absolute atomic E-state index is 0.858. The summed E-state index contributed by atoms with van der Waals surface area (Å²) in [5.41, 5.74) is 15.5. The van der Waals surface area contributed by atoms with Gasteiger partial charge in [-0.05, 0) is 116 Å². The summed E-state index contributed by atoms with van der Waals surface area (Å²) in [7, 11) is 0. The highest BCUT2D eigenvalue weighted by Crippen LogP contribution is 2.47. The van der Waals surface area contributed by atoms with E-state index in [1.165, 1.54) is 10.8 Å². The lowest BCUT2D eigenvalue weighted by molar-refractivity contribution is 0.670. The molecule has 0 N–H and O–H groups in total. The van der Waals surface area contributed by atoms with Crippen molar-refractivity contribution in [1.82, 2.24) is 0 Å². The van der Waals surface area contributed by atoms with E-state index < -0.39 is 0 Å². The van der Waals surface area contributed by atoms with Gasteiger partial charge in [0.15, 0.2) is 0 Å². The Balaban J connectivity index is 1.07. The van der Waals surface area contributed by atoms with E-state index in [1.807, 2.05) is 12.1 Å². The van der Waals surface area contributed by atoms with Crippen molar-refractivity contribution < 1.29 is 8.83 Å². The van der Waals surface area contributed by atoms with Crippen LogP contribution in [0.15, 0.2) is 245 Å². The third kappa shape index (κ3) is 6.28. The van der Waals surface area contributed by atoms with Crippen molar-refractivity contribution in [1.29, 1.82) is 0 Å². The number of furan rings is 2. The maximum absolute atomic E-state index is 7.14. The average molecular weight is 830 g/mol. The molecule has 0 saturated heterocycles. The molecule has 3 nitrogen and oxygen atoms in total. The van der Waals surface area contributed by atoms with Gasteiger partial charge in [0.2, 0.25) is 0 Å². The third-order valence-electron chi connectivity index (χ3n) is 13.0. The summed E-state index contributed by atoms with van der Waals surface area (Å²) < 4.78 is 13.6. The number of hydrogen-bond donors (Lipinski definition) is 0. The van der Waals surface area contributed by atoms with Crippen LogP contribution in [0.4, 0.5) is 17.1 Å². The minimum Gasteiger partial charge on any atom is -0.455 e. The van der Waals surface area contributed by atoms with Crippen molar-refractivity contribution >= 4 is 82.5 Å². The average Bonchev–Trinajstić information content (AvgIpc) is 3.96. The number of benzene rings is 11. The quantitative estimate of drug-likeness (QED) is 0.160. The second-order valence-electron chi connectivity index (χ2n) is 16.9. The van der Waals surface area contributed by atoms with Gasteiger partial charge < -0.3 is 13.7 Å². The van der Waals surface area contributed by atoms with Gasteiger partial charge in [-0.2, -0.15) is 0 Å². The Morgan fingerprint density at radius 3 is 1.60 bits per heavy atom. The Labute approximate surface area is 375 Å². The number of rotatable bonds is 7. The summed E-state index contributed by atoms with van der Waals surface area (Å²) in [6.07, 6.45) is 0. The molecule has 0 amide bonds. The SMILES string of the molecule is c1ccc(-c2cc(-c3ccccc3)cc(-c3cc(N(c4ccc(-c5cccc6c5oc5ccccc56)cc4)c4ccc5ccccc5c4)cc4c3oc3c5ccccc5ccc43)c2)cc1. The van der Waals surface area contributed by atoms with Crippen LogP contribution in [0.2, 0.25) is 0 Å². The second kappa shape index (κ2) is 15.0. The lowest BCUT2D eigenvalue weighted by Crippen LogP contribution is -2.10. The van der Waals surface area contributed by atoms with Crippen molar-refractivity contribution in [2.45, 2.75) is 0 Å². The normalized spacial score (nSPS) is 11.7. The summed E-state index contributed by atoms with van der Waals surface area (Å²) >= 11 is 0. The van der Waals surface area contributed by atoms with Gasteiger partial charge in [-0.25, -0.2) is 0 Å². The van der Waals surface area contributed by atoms with E-state index in [2.05, 4.69) is 229 Å². The van der Waals surface area contributed by atoms with E-state index in [1.54, 1.807) is 0 Å². The van der Waals surface area contributed by atoms with Gasteiger partial charge in [-0.15, -0.1) is 0 Å². The predicted octanol–water partition coefficient (Wildman–Crippen LogP) is 17.9. The van der Waals surface area contributed by atoms with E-state index in [-0.39, 0.29) is 0 Å². The molecule has 0 atom stereocenters. The third-order valence-corrected chi connectivity index (χ3v) is 13.0. The Morgan fingerprint density at radius 1 is 0.246 bits per heavy atom. The highest BCUT2D eigenvalue weighted by molar-refractivity contribution is 6.18. The van der Waals surface area contributed by atoms with Crippen LogP contribution >= 0.6 is 0 Å². The predicted molar refractivity (Wildman–Crippen MR) is 272 cm³/mol. The summed E-state index contributed by atoms with van der Waals surface area (Å²) in [4.78, 5) is 2.39. The van der Waals surface area contributed by atoms with Crippen LogP contribution in [0.1, 0.15) is 0 Å². The van der Waals surface area contributed by atoms with Gasteiger partial charge in [0.1, 0.15) is 22.3 Å². The monoisotopic (exact) mass is 829 g/mol. The molecule has 0 aliphatic rings. The molecular formula is C62H39NO2. The van der Waals surface area contributed by atoms with E-state index in [4.69, 9.17) is 8.83 Å². The Hall–Kier alpha value is -8.66. The van der Waals surface area contributed by atoms with Gasteiger partial charge in [-0.3, -0.25) is 0 Å². The fraction of sp³-hybridized carbons (Fsp3) is 0. The highest BCUT2D eigenvalue weighted by Gasteiger charge is 2.22. The van der Waals surface area contributed by atoms with Gasteiger partial charge in [-0.1, -0.05) is 170 Å². The first-order valence-corrected chi connectivity index (χ1v) is 22.1. The van der Waals surface area contributed by atoms with Gasteiger partial charge >= 0.3 is 0 Å². The summed E-state index contributed by atoms with van der Waals surface area (Å²) in [5.74, 6) is 0. The molecule has 0 aliphatic heterocycles. The first-order chi connectivity index (χ1) is 32.2. The van der Waals surface area contributed by atoms with Crippen molar-refractivity contribution in [2.75, 3.05) is 4.90 Å². The maximum atomic E-state index is 7.14. The molecule has 11 aromatic carbocycles. The molecule has 304 valence electrons. The molecule has 0 saturated carbocycles. The molecule has 13 aromatic rings. The largest absolute Gasteiger partial charge is 0.455 e. The Kier molecular flexibility index (Phi) is 8.53. The standard InChI is InChI=1S/C62H39NO2/c1-3-14-40(15-4-1)46-34-47(41-16-5-2-6-17-41)36-48(35-46)57-38-51(39-58-56-33-29-43-19-9-10-21-52(43)61(56)65-62(57)58)63(50-32-26-42-18-7-8-20-45(42)37-50)49-30-27-44(28-31-49)53-23-13-24-55-54-22-11-12-25-59(54)64-60(53)55/h1-39H. The van der Waals surface area contributed by atoms with Crippen LogP contribution in [0.25, 0.3) is 110 Å². The smallest absolute Gasteiger partial charge is 0.143 e. The zero-order chi connectivity index (χ0) is 42.8. The van der Waals surface area contributed by atoms with Crippen molar-refractivity contribution in [2.24, 2.45) is 0 Å². The van der Waals surface area contributed by atoms with Gasteiger partial charge in [0, 0.05) is 55.1 Å². The molecule has 2 heterocycles. The number of para-hydroxylation sites is 2. The maximum Gasteiger partial charge on any atom is 0.143 e. The van der Waals surface area contributed by atoms with E-state index >= 15 is 0 Å². The van der Waals surface area contributed by atoms with Crippen LogP contribution in [-0.4, -0.2) is 0 Å². The van der Waals surface area contributed by atoms with Gasteiger partial charge in [0.25, 0.3) is 0 Å². The molecular weight excluding hydrogens is 791 g/mol. The lowest BCUT2D eigenvalue weighted by Gasteiger charge is -2.27. The zero-order valence-corrected chi connectivity index (χ0v) is 35.3. The van der Waals surface area contributed by atoms with Crippen molar-refractivity contribution in [3.05, 3.63) is 237 Å². The number of anilines is 3.